The molecule has 0 spiro atoms. The Morgan fingerprint density at radius 3 is 2.93 bits per heavy atom. The molecular formula is C9H15ClN4O. The summed E-state index contributed by atoms with van der Waals surface area (Å²) in [6.07, 6.45) is 2.29. The van der Waals surface area contributed by atoms with Gasteiger partial charge in [0.2, 0.25) is 0 Å². The zero-order chi connectivity index (χ0) is 9.97. The van der Waals surface area contributed by atoms with Crippen LogP contribution in [0.5, 0.6) is 0 Å². The van der Waals surface area contributed by atoms with E-state index < -0.39 is 5.91 Å². The Hall–Kier alpha value is -1.07. The van der Waals surface area contributed by atoms with Gasteiger partial charge in [-0.05, 0) is 25.5 Å². The summed E-state index contributed by atoms with van der Waals surface area (Å²) in [6, 6.07) is 1.75. The predicted molar refractivity (Wildman–Crippen MR) is 59.2 cm³/mol. The number of amides is 1. The molecular weight excluding hydrogens is 216 g/mol. The van der Waals surface area contributed by atoms with Gasteiger partial charge in [-0.1, -0.05) is 0 Å². The van der Waals surface area contributed by atoms with E-state index in [1.54, 1.807) is 6.07 Å². The highest BCUT2D eigenvalue weighted by Crippen LogP contribution is 2.21. The number of H-pyrrole nitrogens is 1. The van der Waals surface area contributed by atoms with E-state index in [9.17, 15) is 4.79 Å². The summed E-state index contributed by atoms with van der Waals surface area (Å²) >= 11 is 0. The summed E-state index contributed by atoms with van der Waals surface area (Å²) in [5, 5.41) is 10.0. The van der Waals surface area contributed by atoms with Crippen molar-refractivity contribution < 1.29 is 4.79 Å². The average Bonchev–Trinajstić information content (AvgIpc) is 2.68. The molecule has 1 aliphatic heterocycles. The Morgan fingerprint density at radius 1 is 1.60 bits per heavy atom. The lowest BCUT2D eigenvalue weighted by Gasteiger charge is -2.20. The first-order chi connectivity index (χ1) is 6.77. The number of nitrogens with zero attached hydrogens (tertiary/aromatic N) is 1. The SMILES string of the molecule is Cl.NC(=O)c1cc(C2CCCNC2)[nH]n1. The van der Waals surface area contributed by atoms with Crippen LogP contribution in [-0.2, 0) is 0 Å². The number of primary amides is 1. The number of nitrogens with two attached hydrogens (primary N) is 1. The average molecular weight is 231 g/mol. The normalized spacial score (nSPS) is 20.7. The number of carbonyl (C=O) groups excluding carboxylic acids is 1. The van der Waals surface area contributed by atoms with Crippen LogP contribution < -0.4 is 11.1 Å². The Labute approximate surface area is 94.2 Å². The fraction of sp³-hybridized carbons (Fsp3) is 0.556. The Balaban J connectivity index is 0.00000112. The number of aromatic nitrogens is 2. The van der Waals surface area contributed by atoms with E-state index in [4.69, 9.17) is 5.73 Å². The van der Waals surface area contributed by atoms with Crippen LogP contribution in [0.15, 0.2) is 6.07 Å². The maximum absolute atomic E-state index is 10.8. The number of carbonyl (C=O) groups is 1. The Bertz CT molecular complexity index is 333. The highest BCUT2D eigenvalue weighted by atomic mass is 35.5. The minimum atomic E-state index is -0.476. The van der Waals surface area contributed by atoms with Crippen molar-refractivity contribution in [2.45, 2.75) is 18.8 Å². The van der Waals surface area contributed by atoms with Crippen molar-refractivity contribution in [3.8, 4) is 0 Å². The van der Waals surface area contributed by atoms with Crippen molar-refractivity contribution in [3.05, 3.63) is 17.5 Å². The third kappa shape index (κ3) is 2.70. The number of rotatable bonds is 2. The van der Waals surface area contributed by atoms with Gasteiger partial charge in [0.25, 0.3) is 5.91 Å². The van der Waals surface area contributed by atoms with Crippen molar-refractivity contribution >= 4 is 18.3 Å². The van der Waals surface area contributed by atoms with Gasteiger partial charge in [0.1, 0.15) is 5.69 Å². The molecule has 2 heterocycles. The van der Waals surface area contributed by atoms with Crippen molar-refractivity contribution in [2.24, 2.45) is 5.73 Å². The lowest BCUT2D eigenvalue weighted by atomic mass is 9.96. The summed E-state index contributed by atoms with van der Waals surface area (Å²) < 4.78 is 0. The molecule has 1 aromatic rings. The largest absolute Gasteiger partial charge is 0.364 e. The third-order valence-electron chi connectivity index (χ3n) is 2.59. The van der Waals surface area contributed by atoms with Crippen LogP contribution in [0, 0.1) is 0 Å². The molecule has 1 aromatic heterocycles. The van der Waals surface area contributed by atoms with Crippen molar-refractivity contribution in [1.29, 1.82) is 0 Å². The molecule has 15 heavy (non-hydrogen) atoms. The van der Waals surface area contributed by atoms with E-state index >= 15 is 0 Å². The van der Waals surface area contributed by atoms with E-state index in [-0.39, 0.29) is 12.4 Å². The molecule has 0 bridgehead atoms. The van der Waals surface area contributed by atoms with Crippen molar-refractivity contribution in [3.63, 3.8) is 0 Å². The van der Waals surface area contributed by atoms with Crippen molar-refractivity contribution in [2.75, 3.05) is 13.1 Å². The highest BCUT2D eigenvalue weighted by molar-refractivity contribution is 5.90. The van der Waals surface area contributed by atoms with E-state index in [2.05, 4.69) is 15.5 Å². The smallest absolute Gasteiger partial charge is 0.269 e. The van der Waals surface area contributed by atoms with E-state index in [0.717, 1.165) is 31.6 Å². The molecule has 84 valence electrons. The molecule has 1 aliphatic rings. The van der Waals surface area contributed by atoms with Gasteiger partial charge in [-0.3, -0.25) is 9.89 Å². The van der Waals surface area contributed by atoms with Gasteiger partial charge >= 0.3 is 0 Å². The third-order valence-corrected chi connectivity index (χ3v) is 2.59. The van der Waals surface area contributed by atoms with Gasteiger partial charge in [0.15, 0.2) is 0 Å². The minimum Gasteiger partial charge on any atom is -0.364 e. The molecule has 1 saturated heterocycles. The molecule has 4 N–H and O–H groups in total. The van der Waals surface area contributed by atoms with E-state index in [1.807, 2.05) is 0 Å². The molecule has 0 saturated carbocycles. The van der Waals surface area contributed by atoms with Gasteiger partial charge in [-0.2, -0.15) is 5.10 Å². The van der Waals surface area contributed by atoms with Gasteiger partial charge in [-0.25, -0.2) is 0 Å². The topological polar surface area (TPSA) is 83.8 Å². The van der Waals surface area contributed by atoms with E-state index in [0.29, 0.717) is 11.6 Å². The highest BCUT2D eigenvalue weighted by Gasteiger charge is 2.18. The molecule has 1 amide bonds. The predicted octanol–water partition coefficient (Wildman–Crippen LogP) is 0.397. The van der Waals surface area contributed by atoms with Crippen LogP contribution in [0.1, 0.15) is 34.9 Å². The number of aromatic amines is 1. The molecule has 0 aliphatic carbocycles. The minimum absolute atomic E-state index is 0. The van der Waals surface area contributed by atoms with Gasteiger partial charge < -0.3 is 11.1 Å². The zero-order valence-corrected chi connectivity index (χ0v) is 9.14. The molecule has 1 unspecified atom stereocenters. The van der Waals surface area contributed by atoms with Crippen LogP contribution in [0.4, 0.5) is 0 Å². The molecule has 2 rings (SSSR count). The van der Waals surface area contributed by atoms with Crippen LogP contribution in [0.25, 0.3) is 0 Å². The molecule has 1 atom stereocenters. The van der Waals surface area contributed by atoms with Gasteiger partial charge in [-0.15, -0.1) is 12.4 Å². The fourth-order valence-electron chi connectivity index (χ4n) is 1.79. The molecule has 0 radical (unpaired) electrons. The van der Waals surface area contributed by atoms with Crippen LogP contribution in [0.3, 0.4) is 0 Å². The second-order valence-corrected chi connectivity index (χ2v) is 3.62. The van der Waals surface area contributed by atoms with Gasteiger partial charge in [0.05, 0.1) is 0 Å². The lowest BCUT2D eigenvalue weighted by molar-refractivity contribution is 0.0995. The molecule has 1 fully saturated rings. The first-order valence-electron chi connectivity index (χ1n) is 4.83. The van der Waals surface area contributed by atoms with Crippen LogP contribution in [-0.4, -0.2) is 29.2 Å². The summed E-state index contributed by atoms with van der Waals surface area (Å²) in [5.74, 6) is -0.0411. The number of hydrogen-bond acceptors (Lipinski definition) is 3. The monoisotopic (exact) mass is 230 g/mol. The number of hydrogen-bond donors (Lipinski definition) is 3. The number of nitrogens with one attached hydrogen (secondary N) is 2. The fourth-order valence-corrected chi connectivity index (χ4v) is 1.79. The molecule has 0 aromatic carbocycles. The molecule has 5 nitrogen and oxygen atoms in total. The first kappa shape index (κ1) is 12.0. The molecule has 6 heteroatoms. The van der Waals surface area contributed by atoms with Gasteiger partial charge in [0, 0.05) is 18.2 Å². The van der Waals surface area contributed by atoms with E-state index in [1.165, 1.54) is 0 Å². The lowest BCUT2D eigenvalue weighted by Crippen LogP contribution is -2.28. The Kier molecular flexibility index (Phi) is 4.11. The van der Waals surface area contributed by atoms with Crippen molar-refractivity contribution in [1.82, 2.24) is 15.5 Å². The standard InChI is InChI=1S/C9H14N4O.ClH/c10-9(14)8-4-7(12-13-8)6-2-1-3-11-5-6;/h4,6,11H,1-3,5H2,(H2,10,14)(H,12,13);1H. The second-order valence-electron chi connectivity index (χ2n) is 3.62. The quantitative estimate of drug-likeness (QED) is 0.688. The first-order valence-corrected chi connectivity index (χ1v) is 4.83. The second kappa shape index (κ2) is 5.14. The zero-order valence-electron chi connectivity index (χ0n) is 8.32. The summed E-state index contributed by atoms with van der Waals surface area (Å²) in [7, 11) is 0. The summed E-state index contributed by atoms with van der Waals surface area (Å²) in [6.45, 7) is 2.02. The maximum Gasteiger partial charge on any atom is 0.269 e. The maximum atomic E-state index is 10.8. The Morgan fingerprint density at radius 2 is 2.40 bits per heavy atom. The number of piperidine rings is 1. The van der Waals surface area contributed by atoms with Crippen LogP contribution >= 0.6 is 12.4 Å². The van der Waals surface area contributed by atoms with Crippen LogP contribution in [0.2, 0.25) is 0 Å². The summed E-state index contributed by atoms with van der Waals surface area (Å²) in [4.78, 5) is 10.8. The number of halogens is 1. The summed E-state index contributed by atoms with van der Waals surface area (Å²) in [5.41, 5.74) is 6.45.